The summed E-state index contributed by atoms with van der Waals surface area (Å²) in [5.74, 6) is -1.96. The van der Waals surface area contributed by atoms with Gasteiger partial charge in [-0.2, -0.15) is 0 Å². The first-order valence-corrected chi connectivity index (χ1v) is 17.8. The lowest BCUT2D eigenvalue weighted by molar-refractivity contribution is -0.158. The summed E-state index contributed by atoms with van der Waals surface area (Å²) in [5.41, 5.74) is -0.664. The van der Waals surface area contributed by atoms with E-state index in [0.717, 1.165) is 15.5 Å². The molecule has 1 heterocycles. The number of methoxy groups -OCH3 is 1. The minimum absolute atomic E-state index is 0.0295. The van der Waals surface area contributed by atoms with Crippen LogP contribution < -0.4 is 19.3 Å². The van der Waals surface area contributed by atoms with Crippen molar-refractivity contribution in [1.29, 1.82) is 0 Å². The molecule has 1 aliphatic rings. The molecule has 1 saturated heterocycles. The standard InChI is InChI=1S/C35H48N4O10S/c1-33(2,3)26-19-24(37-17-16-27(40)38(32(37)44)20-48-30(42)34(4,5)6)18-25(28(26)47-10)29(41)36-22-12-14-23(15-13-22)39(50(11,45)46)21-49-31(43)35(7,8)9/h12-15,18-19H,16-17,20-21H2,1-11H3,(H,36,41). The first kappa shape index (κ1) is 39.8. The van der Waals surface area contributed by atoms with Crippen molar-refractivity contribution in [2.45, 2.75) is 74.1 Å². The lowest BCUT2D eigenvalue weighted by Crippen LogP contribution is -2.53. The zero-order chi connectivity index (χ0) is 38.0. The number of hydrogen-bond donors (Lipinski definition) is 1. The van der Waals surface area contributed by atoms with Crippen molar-refractivity contribution in [3.8, 4) is 5.75 Å². The van der Waals surface area contributed by atoms with E-state index in [1.807, 2.05) is 20.8 Å². The molecule has 274 valence electrons. The van der Waals surface area contributed by atoms with Crippen LogP contribution in [0.25, 0.3) is 0 Å². The first-order valence-electron chi connectivity index (χ1n) is 15.9. The Morgan fingerprint density at radius 1 is 0.880 bits per heavy atom. The van der Waals surface area contributed by atoms with E-state index in [2.05, 4.69) is 5.32 Å². The van der Waals surface area contributed by atoms with Crippen LogP contribution in [0, 0.1) is 10.8 Å². The zero-order valence-electron chi connectivity index (χ0n) is 30.6. The van der Waals surface area contributed by atoms with Crippen LogP contribution in [0.2, 0.25) is 0 Å². The van der Waals surface area contributed by atoms with Crippen LogP contribution in [-0.4, -0.2) is 76.5 Å². The summed E-state index contributed by atoms with van der Waals surface area (Å²) >= 11 is 0. The number of ether oxygens (including phenoxy) is 3. The third kappa shape index (κ3) is 9.52. The number of esters is 2. The third-order valence-corrected chi connectivity index (χ3v) is 8.75. The molecule has 0 saturated carbocycles. The van der Waals surface area contributed by atoms with E-state index < -0.39 is 69.5 Å². The molecule has 0 unspecified atom stereocenters. The van der Waals surface area contributed by atoms with Gasteiger partial charge in [-0.3, -0.25) is 24.1 Å². The highest BCUT2D eigenvalue weighted by atomic mass is 32.2. The average Bonchev–Trinajstić information content (AvgIpc) is 2.99. The fourth-order valence-electron chi connectivity index (χ4n) is 4.72. The summed E-state index contributed by atoms with van der Waals surface area (Å²) < 4.78 is 42.2. The van der Waals surface area contributed by atoms with Crippen molar-refractivity contribution in [1.82, 2.24) is 4.90 Å². The number of rotatable bonds is 10. The molecule has 50 heavy (non-hydrogen) atoms. The summed E-state index contributed by atoms with van der Waals surface area (Å²) in [6, 6.07) is 8.41. The van der Waals surface area contributed by atoms with Crippen molar-refractivity contribution < 1.29 is 46.6 Å². The monoisotopic (exact) mass is 716 g/mol. The molecule has 2 aromatic carbocycles. The maximum absolute atomic E-state index is 13.8. The number of imide groups is 1. The first-order chi connectivity index (χ1) is 22.9. The number of hydrogen-bond acceptors (Lipinski definition) is 10. The molecule has 4 amide bonds. The van der Waals surface area contributed by atoms with Crippen LogP contribution in [0.15, 0.2) is 36.4 Å². The van der Waals surface area contributed by atoms with Gasteiger partial charge in [-0.15, -0.1) is 0 Å². The Balaban J connectivity index is 1.95. The Hall–Kier alpha value is -4.66. The smallest absolute Gasteiger partial charge is 0.333 e. The molecule has 14 nitrogen and oxygen atoms in total. The van der Waals surface area contributed by atoms with E-state index in [1.54, 1.807) is 47.6 Å². The van der Waals surface area contributed by atoms with Crippen LogP contribution in [0.1, 0.15) is 84.7 Å². The van der Waals surface area contributed by atoms with Crippen LogP contribution >= 0.6 is 0 Å². The highest BCUT2D eigenvalue weighted by Crippen LogP contribution is 2.39. The quantitative estimate of drug-likeness (QED) is 0.253. The Bertz CT molecular complexity index is 1750. The molecule has 3 rings (SSSR count). The van der Waals surface area contributed by atoms with Gasteiger partial charge < -0.3 is 19.5 Å². The van der Waals surface area contributed by atoms with Gasteiger partial charge in [-0.25, -0.2) is 22.4 Å². The van der Waals surface area contributed by atoms with Crippen molar-refractivity contribution in [3.05, 3.63) is 47.5 Å². The lowest BCUT2D eigenvalue weighted by atomic mass is 9.84. The maximum atomic E-state index is 13.8. The Morgan fingerprint density at radius 2 is 1.44 bits per heavy atom. The van der Waals surface area contributed by atoms with Crippen LogP contribution in [-0.2, 0) is 39.3 Å². The van der Waals surface area contributed by atoms with Gasteiger partial charge in [0.15, 0.2) is 13.5 Å². The van der Waals surface area contributed by atoms with Gasteiger partial charge in [-0.05, 0) is 83.4 Å². The Labute approximate surface area is 294 Å². The van der Waals surface area contributed by atoms with E-state index >= 15 is 0 Å². The number of carbonyl (C=O) groups excluding carboxylic acids is 5. The maximum Gasteiger partial charge on any atom is 0.333 e. The summed E-state index contributed by atoms with van der Waals surface area (Å²) in [6.45, 7) is 14.6. The lowest BCUT2D eigenvalue weighted by Gasteiger charge is -2.35. The van der Waals surface area contributed by atoms with E-state index in [1.165, 1.54) is 42.3 Å². The van der Waals surface area contributed by atoms with Crippen molar-refractivity contribution >= 4 is 56.9 Å². The fraction of sp³-hybridized carbons (Fsp3) is 0.514. The summed E-state index contributed by atoms with van der Waals surface area (Å²) in [4.78, 5) is 67.0. The van der Waals surface area contributed by atoms with E-state index in [4.69, 9.17) is 14.2 Å². The third-order valence-electron chi connectivity index (χ3n) is 7.63. The number of nitrogens with one attached hydrogen (secondary N) is 1. The largest absolute Gasteiger partial charge is 0.496 e. The number of benzene rings is 2. The van der Waals surface area contributed by atoms with Gasteiger partial charge in [-0.1, -0.05) is 20.8 Å². The summed E-state index contributed by atoms with van der Waals surface area (Å²) in [6.07, 6.45) is 0.948. The Kier molecular flexibility index (Phi) is 11.7. The van der Waals surface area contributed by atoms with E-state index in [-0.39, 0.29) is 30.0 Å². The van der Waals surface area contributed by atoms with Gasteiger partial charge in [0, 0.05) is 29.9 Å². The SMILES string of the molecule is COc1c(C(=O)Nc2ccc(N(COC(=O)C(C)(C)C)S(C)(=O)=O)cc2)cc(N2CCC(=O)N(COC(=O)C(C)(C)C)C2=O)cc1C(C)(C)C. The number of nitrogens with zero attached hydrogens (tertiary/aromatic N) is 3. The fourth-order valence-corrected chi connectivity index (χ4v) is 5.47. The zero-order valence-corrected chi connectivity index (χ0v) is 31.4. The summed E-state index contributed by atoms with van der Waals surface area (Å²) in [7, 11) is -2.41. The molecule has 15 heteroatoms. The number of sulfonamides is 1. The molecular formula is C35H48N4O10S. The van der Waals surface area contributed by atoms with Crippen molar-refractivity contribution in [2.24, 2.45) is 10.8 Å². The molecule has 1 N–H and O–H groups in total. The molecule has 0 bridgehead atoms. The van der Waals surface area contributed by atoms with E-state index in [9.17, 15) is 32.4 Å². The number of carbonyl (C=O) groups is 5. The number of amides is 4. The molecule has 1 fully saturated rings. The normalized spacial score (nSPS) is 14.3. The van der Waals surface area contributed by atoms with Gasteiger partial charge >= 0.3 is 18.0 Å². The second kappa shape index (κ2) is 14.7. The molecule has 0 radical (unpaired) electrons. The average molecular weight is 717 g/mol. The van der Waals surface area contributed by atoms with Crippen LogP contribution in [0.3, 0.4) is 0 Å². The highest BCUT2D eigenvalue weighted by molar-refractivity contribution is 7.92. The molecule has 0 atom stereocenters. The number of urea groups is 1. The van der Waals surface area contributed by atoms with Gasteiger partial charge in [0.25, 0.3) is 5.91 Å². The molecule has 2 aromatic rings. The van der Waals surface area contributed by atoms with Crippen LogP contribution in [0.5, 0.6) is 5.75 Å². The van der Waals surface area contributed by atoms with Gasteiger partial charge in [0.05, 0.1) is 35.4 Å². The molecule has 0 aliphatic carbocycles. The van der Waals surface area contributed by atoms with Crippen molar-refractivity contribution in [2.75, 3.05) is 47.9 Å². The Morgan fingerprint density at radius 3 is 1.94 bits per heavy atom. The molecule has 0 spiro atoms. The highest BCUT2D eigenvalue weighted by Gasteiger charge is 2.37. The minimum Gasteiger partial charge on any atom is -0.496 e. The van der Waals surface area contributed by atoms with Crippen molar-refractivity contribution in [3.63, 3.8) is 0 Å². The predicted molar refractivity (Wildman–Crippen MR) is 188 cm³/mol. The predicted octanol–water partition coefficient (Wildman–Crippen LogP) is 5.26. The summed E-state index contributed by atoms with van der Waals surface area (Å²) in [5, 5.41) is 2.79. The second-order valence-electron chi connectivity index (χ2n) is 15.1. The molecule has 0 aromatic heterocycles. The minimum atomic E-state index is -3.84. The topological polar surface area (TPSA) is 169 Å². The van der Waals surface area contributed by atoms with Crippen LogP contribution in [0.4, 0.5) is 21.9 Å². The number of anilines is 3. The van der Waals surface area contributed by atoms with Gasteiger partial charge in [0.1, 0.15) is 5.75 Å². The molecule has 1 aliphatic heterocycles. The van der Waals surface area contributed by atoms with E-state index in [0.29, 0.717) is 16.9 Å². The molecular weight excluding hydrogens is 668 g/mol. The second-order valence-corrected chi connectivity index (χ2v) is 17.0. The van der Waals surface area contributed by atoms with Gasteiger partial charge in [0.2, 0.25) is 15.9 Å².